The van der Waals surface area contributed by atoms with E-state index in [9.17, 15) is 4.79 Å². The fourth-order valence-electron chi connectivity index (χ4n) is 1.29. The molecule has 1 aromatic carbocycles. The molecule has 0 saturated heterocycles. The van der Waals surface area contributed by atoms with Crippen molar-refractivity contribution in [3.05, 3.63) is 35.9 Å². The quantitative estimate of drug-likeness (QED) is 0.743. The molecule has 0 atom stereocenters. The lowest BCUT2D eigenvalue weighted by atomic mass is 9.99. The Balaban J connectivity index is 2.87. The summed E-state index contributed by atoms with van der Waals surface area (Å²) >= 11 is 0. The minimum Gasteiger partial charge on any atom is -0.337 e. The highest BCUT2D eigenvalue weighted by atomic mass is 16.2. The van der Waals surface area contributed by atoms with Crippen LogP contribution in [-0.4, -0.2) is 23.4 Å². The van der Waals surface area contributed by atoms with E-state index in [1.165, 1.54) is 0 Å². The van der Waals surface area contributed by atoms with Gasteiger partial charge in [0, 0.05) is 18.2 Å². The molecule has 0 radical (unpaired) electrons. The fraction of sp³-hybridized carbons (Fsp3) is 0.462. The van der Waals surface area contributed by atoms with Crippen molar-refractivity contribution in [2.75, 3.05) is 7.05 Å². The van der Waals surface area contributed by atoms with Gasteiger partial charge >= 0.3 is 0 Å². The van der Waals surface area contributed by atoms with Gasteiger partial charge < -0.3 is 4.90 Å². The highest BCUT2D eigenvalue weighted by Crippen LogP contribution is 2.18. The van der Waals surface area contributed by atoms with Crippen molar-refractivity contribution < 1.29 is 4.79 Å². The summed E-state index contributed by atoms with van der Waals surface area (Å²) in [4.78, 5) is 13.9. The number of amides is 1. The first kappa shape index (κ1) is 11.8. The van der Waals surface area contributed by atoms with Crippen LogP contribution in [0.2, 0.25) is 0 Å². The molecule has 1 rings (SSSR count). The molecule has 0 aliphatic carbocycles. The maximum absolute atomic E-state index is 12.1. The first-order valence-electron chi connectivity index (χ1n) is 5.32. The van der Waals surface area contributed by atoms with E-state index in [2.05, 4.69) is 20.8 Å². The van der Waals surface area contributed by atoms with Crippen molar-refractivity contribution in [2.24, 2.45) is 0 Å². The molecule has 0 bridgehead atoms. The average Bonchev–Trinajstić information content (AvgIpc) is 2.28. The van der Waals surface area contributed by atoms with Gasteiger partial charge in [0.1, 0.15) is 0 Å². The lowest BCUT2D eigenvalue weighted by Gasteiger charge is -2.34. The third-order valence-corrected chi connectivity index (χ3v) is 3.10. The second-order valence-electron chi connectivity index (χ2n) is 4.40. The molecule has 0 aromatic heterocycles. The zero-order valence-electron chi connectivity index (χ0n) is 9.95. The van der Waals surface area contributed by atoms with Gasteiger partial charge in [0.05, 0.1) is 0 Å². The Hall–Kier alpha value is -1.31. The van der Waals surface area contributed by atoms with Crippen molar-refractivity contribution in [1.29, 1.82) is 0 Å². The number of carbonyl (C=O) groups is 1. The zero-order valence-corrected chi connectivity index (χ0v) is 9.95. The third kappa shape index (κ3) is 2.58. The molecule has 2 nitrogen and oxygen atoms in total. The molecular formula is C13H19NO. The second-order valence-corrected chi connectivity index (χ2v) is 4.40. The summed E-state index contributed by atoms with van der Waals surface area (Å²) < 4.78 is 0. The number of carbonyl (C=O) groups excluding carboxylic acids is 1. The van der Waals surface area contributed by atoms with E-state index in [1.807, 2.05) is 42.3 Å². The molecule has 15 heavy (non-hydrogen) atoms. The summed E-state index contributed by atoms with van der Waals surface area (Å²) in [5.41, 5.74) is 0.661. The van der Waals surface area contributed by atoms with E-state index in [-0.39, 0.29) is 11.4 Å². The third-order valence-electron chi connectivity index (χ3n) is 3.10. The molecule has 0 spiro atoms. The minimum atomic E-state index is -0.0904. The Morgan fingerprint density at radius 2 is 1.80 bits per heavy atom. The van der Waals surface area contributed by atoms with Crippen molar-refractivity contribution >= 4 is 5.91 Å². The van der Waals surface area contributed by atoms with Gasteiger partial charge in [-0.15, -0.1) is 0 Å². The van der Waals surface area contributed by atoms with Gasteiger partial charge in [-0.25, -0.2) is 0 Å². The predicted octanol–water partition coefficient (Wildman–Crippen LogP) is 2.95. The largest absolute Gasteiger partial charge is 0.337 e. The number of benzene rings is 1. The molecule has 1 aromatic rings. The molecule has 2 heteroatoms. The van der Waals surface area contributed by atoms with Gasteiger partial charge in [-0.05, 0) is 32.4 Å². The highest BCUT2D eigenvalue weighted by Gasteiger charge is 2.25. The van der Waals surface area contributed by atoms with Gasteiger partial charge in [-0.1, -0.05) is 25.1 Å². The van der Waals surface area contributed by atoms with Crippen LogP contribution in [0.15, 0.2) is 30.3 Å². The number of nitrogens with zero attached hydrogens (tertiary/aromatic N) is 1. The minimum absolute atomic E-state index is 0.0856. The lowest BCUT2D eigenvalue weighted by molar-refractivity contribution is 0.0620. The number of hydrogen-bond acceptors (Lipinski definition) is 1. The first-order chi connectivity index (χ1) is 6.99. The van der Waals surface area contributed by atoms with E-state index in [4.69, 9.17) is 0 Å². The monoisotopic (exact) mass is 205 g/mol. The molecule has 0 unspecified atom stereocenters. The average molecular weight is 205 g/mol. The summed E-state index contributed by atoms with van der Waals surface area (Å²) in [5, 5.41) is 0. The maximum atomic E-state index is 12.1. The summed E-state index contributed by atoms with van der Waals surface area (Å²) in [5.74, 6) is 0.0856. The van der Waals surface area contributed by atoms with Crippen molar-refractivity contribution in [3.63, 3.8) is 0 Å². The van der Waals surface area contributed by atoms with Crippen molar-refractivity contribution in [2.45, 2.75) is 32.7 Å². The Labute approximate surface area is 91.9 Å². The molecule has 82 valence electrons. The van der Waals surface area contributed by atoms with E-state index in [0.29, 0.717) is 0 Å². The van der Waals surface area contributed by atoms with E-state index in [1.54, 1.807) is 0 Å². The Bertz CT molecular complexity index is 330. The molecule has 0 heterocycles. The topological polar surface area (TPSA) is 20.3 Å². The maximum Gasteiger partial charge on any atom is 0.254 e. The molecule has 1 amide bonds. The summed E-state index contributed by atoms with van der Waals surface area (Å²) in [6, 6.07) is 9.40. The van der Waals surface area contributed by atoms with Gasteiger partial charge in [-0.3, -0.25) is 4.79 Å². The second kappa shape index (κ2) is 4.47. The van der Waals surface area contributed by atoms with Gasteiger partial charge in [0.25, 0.3) is 5.91 Å². The van der Waals surface area contributed by atoms with Crippen LogP contribution in [0.4, 0.5) is 0 Å². The molecule has 0 N–H and O–H groups in total. The zero-order chi connectivity index (χ0) is 11.5. The predicted molar refractivity (Wildman–Crippen MR) is 62.9 cm³/mol. The van der Waals surface area contributed by atoms with Crippen LogP contribution in [-0.2, 0) is 0 Å². The van der Waals surface area contributed by atoms with Crippen molar-refractivity contribution in [3.8, 4) is 0 Å². The van der Waals surface area contributed by atoms with E-state index in [0.717, 1.165) is 12.0 Å². The number of rotatable bonds is 3. The molecule has 0 fully saturated rings. The van der Waals surface area contributed by atoms with Gasteiger partial charge in [0.2, 0.25) is 0 Å². The van der Waals surface area contributed by atoms with Crippen LogP contribution in [0.25, 0.3) is 0 Å². The fourth-order valence-corrected chi connectivity index (χ4v) is 1.29. The van der Waals surface area contributed by atoms with E-state index < -0.39 is 0 Å². The van der Waals surface area contributed by atoms with Crippen LogP contribution < -0.4 is 0 Å². The highest BCUT2D eigenvalue weighted by molar-refractivity contribution is 5.94. The van der Waals surface area contributed by atoms with Gasteiger partial charge in [0.15, 0.2) is 0 Å². The van der Waals surface area contributed by atoms with Crippen LogP contribution in [0, 0.1) is 0 Å². The van der Waals surface area contributed by atoms with Crippen molar-refractivity contribution in [1.82, 2.24) is 4.90 Å². The van der Waals surface area contributed by atoms with E-state index >= 15 is 0 Å². The molecular weight excluding hydrogens is 186 g/mol. The molecule has 0 saturated carbocycles. The molecule has 0 aliphatic rings. The Morgan fingerprint density at radius 3 is 2.27 bits per heavy atom. The summed E-state index contributed by atoms with van der Waals surface area (Å²) in [7, 11) is 1.86. The van der Waals surface area contributed by atoms with Crippen LogP contribution in [0.3, 0.4) is 0 Å². The number of hydrogen-bond donors (Lipinski definition) is 0. The normalized spacial score (nSPS) is 11.2. The van der Waals surface area contributed by atoms with Crippen LogP contribution in [0.1, 0.15) is 37.6 Å². The smallest absolute Gasteiger partial charge is 0.254 e. The Morgan fingerprint density at radius 1 is 1.27 bits per heavy atom. The summed E-state index contributed by atoms with van der Waals surface area (Å²) in [6.07, 6.45) is 0.947. The first-order valence-corrected chi connectivity index (χ1v) is 5.32. The van der Waals surface area contributed by atoms with Crippen LogP contribution >= 0.6 is 0 Å². The van der Waals surface area contributed by atoms with Gasteiger partial charge in [-0.2, -0.15) is 0 Å². The van der Waals surface area contributed by atoms with Crippen LogP contribution in [0.5, 0.6) is 0 Å². The summed E-state index contributed by atoms with van der Waals surface area (Å²) in [6.45, 7) is 6.25. The standard InChI is InChI=1S/C13H19NO/c1-5-13(2,3)14(4)12(15)11-9-7-6-8-10-11/h6-10H,5H2,1-4H3. The molecule has 0 aliphatic heterocycles. The lowest BCUT2D eigenvalue weighted by Crippen LogP contribution is -2.44. The SMILES string of the molecule is CCC(C)(C)N(C)C(=O)c1ccccc1. The Kier molecular flexibility index (Phi) is 3.51.